The van der Waals surface area contributed by atoms with Gasteiger partial charge in [0.2, 0.25) is 0 Å². The van der Waals surface area contributed by atoms with Gasteiger partial charge >= 0.3 is 0 Å². The Bertz CT molecular complexity index is 335. The smallest absolute Gasteiger partial charge is 0.251 e. The van der Waals surface area contributed by atoms with Gasteiger partial charge in [0.05, 0.1) is 6.61 Å². The second-order valence-electron chi connectivity index (χ2n) is 3.98. The lowest BCUT2D eigenvalue weighted by Crippen LogP contribution is -2.43. The molecular formula is C12H17NO3. The van der Waals surface area contributed by atoms with E-state index in [0.717, 1.165) is 0 Å². The van der Waals surface area contributed by atoms with E-state index in [4.69, 9.17) is 4.74 Å². The molecule has 1 aromatic rings. The van der Waals surface area contributed by atoms with Crippen LogP contribution in [0.25, 0.3) is 0 Å². The summed E-state index contributed by atoms with van der Waals surface area (Å²) in [5.74, 6) is -0.197. The molecule has 0 bridgehead atoms. The molecule has 1 unspecified atom stereocenters. The Hall–Kier alpha value is -1.39. The van der Waals surface area contributed by atoms with Crippen LogP contribution in [0.5, 0.6) is 0 Å². The zero-order valence-corrected chi connectivity index (χ0v) is 9.56. The lowest BCUT2D eigenvalue weighted by Gasteiger charge is -2.22. The van der Waals surface area contributed by atoms with E-state index >= 15 is 0 Å². The maximum atomic E-state index is 11.6. The Morgan fingerprint density at radius 1 is 1.44 bits per heavy atom. The predicted molar refractivity (Wildman–Crippen MR) is 61.3 cm³/mol. The fourth-order valence-electron chi connectivity index (χ4n) is 1.32. The lowest BCUT2D eigenvalue weighted by molar-refractivity contribution is -0.0147. The molecule has 0 aliphatic rings. The Balaban J connectivity index is 2.48. The van der Waals surface area contributed by atoms with Gasteiger partial charge in [-0.2, -0.15) is 0 Å². The summed E-state index contributed by atoms with van der Waals surface area (Å²) >= 11 is 0. The van der Waals surface area contributed by atoms with Crippen LogP contribution >= 0.6 is 0 Å². The van der Waals surface area contributed by atoms with Crippen LogP contribution < -0.4 is 5.32 Å². The molecule has 4 nitrogen and oxygen atoms in total. The number of methoxy groups -OCH3 is 1. The van der Waals surface area contributed by atoms with Gasteiger partial charge in [0.15, 0.2) is 0 Å². The molecule has 1 aromatic carbocycles. The number of benzene rings is 1. The topological polar surface area (TPSA) is 58.6 Å². The third kappa shape index (κ3) is 4.00. The molecule has 0 saturated heterocycles. The second kappa shape index (κ2) is 5.63. The summed E-state index contributed by atoms with van der Waals surface area (Å²) in [4.78, 5) is 11.6. The third-order valence-corrected chi connectivity index (χ3v) is 2.12. The van der Waals surface area contributed by atoms with Gasteiger partial charge in [0.25, 0.3) is 5.91 Å². The maximum absolute atomic E-state index is 11.6. The average molecular weight is 223 g/mol. The zero-order valence-electron chi connectivity index (χ0n) is 9.56. The highest BCUT2D eigenvalue weighted by Crippen LogP contribution is 2.03. The van der Waals surface area contributed by atoms with Crippen LogP contribution in [0.15, 0.2) is 30.3 Å². The molecule has 0 radical (unpaired) electrons. The van der Waals surface area contributed by atoms with Crippen molar-refractivity contribution in [2.45, 2.75) is 12.5 Å². The Morgan fingerprint density at radius 2 is 2.06 bits per heavy atom. The van der Waals surface area contributed by atoms with E-state index in [0.29, 0.717) is 5.56 Å². The van der Waals surface area contributed by atoms with Crippen LogP contribution in [0.3, 0.4) is 0 Å². The van der Waals surface area contributed by atoms with E-state index in [1.165, 1.54) is 7.11 Å². The van der Waals surface area contributed by atoms with E-state index in [9.17, 15) is 9.90 Å². The number of hydrogen-bond donors (Lipinski definition) is 2. The fourth-order valence-corrected chi connectivity index (χ4v) is 1.32. The first kappa shape index (κ1) is 12.7. The van der Waals surface area contributed by atoms with Gasteiger partial charge < -0.3 is 15.2 Å². The largest absolute Gasteiger partial charge is 0.386 e. The minimum absolute atomic E-state index is 0.161. The molecule has 0 aliphatic carbocycles. The van der Waals surface area contributed by atoms with Gasteiger partial charge in [0.1, 0.15) is 5.60 Å². The molecule has 1 rings (SSSR count). The number of amides is 1. The molecule has 1 atom stereocenters. The first-order chi connectivity index (χ1) is 7.55. The van der Waals surface area contributed by atoms with Crippen LogP contribution in [-0.4, -0.2) is 36.9 Å². The minimum Gasteiger partial charge on any atom is -0.386 e. The van der Waals surface area contributed by atoms with Crippen molar-refractivity contribution in [3.8, 4) is 0 Å². The highest BCUT2D eigenvalue weighted by Gasteiger charge is 2.21. The van der Waals surface area contributed by atoms with Crippen molar-refractivity contribution in [1.29, 1.82) is 0 Å². The van der Waals surface area contributed by atoms with Gasteiger partial charge in [-0.15, -0.1) is 0 Å². The molecule has 0 spiro atoms. The summed E-state index contributed by atoms with van der Waals surface area (Å²) in [5, 5.41) is 12.4. The van der Waals surface area contributed by atoms with Crippen molar-refractivity contribution in [2.24, 2.45) is 0 Å². The number of aliphatic hydroxyl groups is 1. The molecule has 0 aromatic heterocycles. The van der Waals surface area contributed by atoms with E-state index in [2.05, 4.69) is 5.32 Å². The fraction of sp³-hybridized carbons (Fsp3) is 0.417. The van der Waals surface area contributed by atoms with E-state index in [1.54, 1.807) is 31.2 Å². The van der Waals surface area contributed by atoms with Crippen LogP contribution in [0.4, 0.5) is 0 Å². The van der Waals surface area contributed by atoms with E-state index in [-0.39, 0.29) is 19.1 Å². The van der Waals surface area contributed by atoms with Gasteiger partial charge in [-0.05, 0) is 19.1 Å². The monoisotopic (exact) mass is 223 g/mol. The molecule has 4 heteroatoms. The number of ether oxygens (including phenoxy) is 1. The van der Waals surface area contributed by atoms with Crippen molar-refractivity contribution >= 4 is 5.91 Å². The molecule has 1 amide bonds. The van der Waals surface area contributed by atoms with Gasteiger partial charge in [-0.1, -0.05) is 18.2 Å². The highest BCUT2D eigenvalue weighted by atomic mass is 16.5. The first-order valence-electron chi connectivity index (χ1n) is 5.10. The summed E-state index contributed by atoms with van der Waals surface area (Å²) in [6, 6.07) is 8.88. The number of hydrogen-bond acceptors (Lipinski definition) is 3. The van der Waals surface area contributed by atoms with Crippen LogP contribution in [-0.2, 0) is 4.74 Å². The molecule has 2 N–H and O–H groups in total. The van der Waals surface area contributed by atoms with Gasteiger partial charge in [0, 0.05) is 19.2 Å². The van der Waals surface area contributed by atoms with Gasteiger partial charge in [-0.3, -0.25) is 4.79 Å². The Morgan fingerprint density at radius 3 is 2.62 bits per heavy atom. The molecule has 0 fully saturated rings. The van der Waals surface area contributed by atoms with Crippen molar-refractivity contribution in [2.75, 3.05) is 20.3 Å². The van der Waals surface area contributed by atoms with Crippen LogP contribution in [0.1, 0.15) is 17.3 Å². The van der Waals surface area contributed by atoms with Gasteiger partial charge in [-0.25, -0.2) is 0 Å². The second-order valence-corrected chi connectivity index (χ2v) is 3.98. The number of nitrogens with one attached hydrogen (secondary N) is 1. The highest BCUT2D eigenvalue weighted by molar-refractivity contribution is 5.94. The normalized spacial score (nSPS) is 14.2. The quantitative estimate of drug-likeness (QED) is 0.776. The van der Waals surface area contributed by atoms with Crippen molar-refractivity contribution in [3.05, 3.63) is 35.9 Å². The molecule has 0 saturated carbocycles. The van der Waals surface area contributed by atoms with Crippen molar-refractivity contribution in [3.63, 3.8) is 0 Å². The average Bonchev–Trinajstić information content (AvgIpc) is 2.27. The molecule has 0 heterocycles. The predicted octanol–water partition coefficient (Wildman–Crippen LogP) is 0.814. The minimum atomic E-state index is -1.04. The summed E-state index contributed by atoms with van der Waals surface area (Å²) < 4.78 is 4.84. The molecule has 88 valence electrons. The van der Waals surface area contributed by atoms with Crippen molar-refractivity contribution in [1.82, 2.24) is 5.32 Å². The maximum Gasteiger partial charge on any atom is 0.251 e. The zero-order chi connectivity index (χ0) is 12.0. The third-order valence-electron chi connectivity index (χ3n) is 2.12. The summed E-state index contributed by atoms with van der Waals surface area (Å²) in [6.07, 6.45) is 0. The lowest BCUT2D eigenvalue weighted by atomic mass is 10.1. The molecular weight excluding hydrogens is 206 g/mol. The number of carbonyl (C=O) groups is 1. The van der Waals surface area contributed by atoms with Crippen LogP contribution in [0, 0.1) is 0 Å². The molecule has 0 aliphatic heterocycles. The SMILES string of the molecule is COCC(C)(O)CNC(=O)c1ccccc1. The van der Waals surface area contributed by atoms with E-state index in [1.807, 2.05) is 6.07 Å². The number of rotatable bonds is 5. The summed E-state index contributed by atoms with van der Waals surface area (Å²) in [6.45, 7) is 1.96. The Kier molecular flexibility index (Phi) is 4.46. The van der Waals surface area contributed by atoms with Crippen molar-refractivity contribution < 1.29 is 14.6 Å². The first-order valence-corrected chi connectivity index (χ1v) is 5.10. The molecule has 16 heavy (non-hydrogen) atoms. The van der Waals surface area contributed by atoms with Crippen LogP contribution in [0.2, 0.25) is 0 Å². The number of carbonyl (C=O) groups excluding carboxylic acids is 1. The standard InChI is InChI=1S/C12H17NO3/c1-12(15,9-16-2)8-13-11(14)10-6-4-3-5-7-10/h3-7,15H,8-9H2,1-2H3,(H,13,14). The summed E-state index contributed by atoms with van der Waals surface area (Å²) in [7, 11) is 1.51. The summed E-state index contributed by atoms with van der Waals surface area (Å²) in [5.41, 5.74) is -0.463. The van der Waals surface area contributed by atoms with E-state index < -0.39 is 5.60 Å². The Labute approximate surface area is 95.2 Å².